The fraction of sp³-hybridized carbons (Fsp3) is 0.250. The Morgan fingerprint density at radius 1 is 1.11 bits per heavy atom. The van der Waals surface area contributed by atoms with Gasteiger partial charge in [-0.25, -0.2) is 0 Å². The number of methoxy groups -OCH3 is 1. The molecule has 0 radical (unpaired) electrons. The molecule has 2 aromatic carbocycles. The molecule has 0 bridgehead atoms. The smallest absolute Gasteiger partial charge is 0.0733 e. The lowest BCUT2D eigenvalue weighted by molar-refractivity contribution is 0.185. The fourth-order valence-electron chi connectivity index (χ4n) is 2.08. The molecule has 0 aliphatic heterocycles. The molecule has 0 saturated heterocycles. The van der Waals surface area contributed by atoms with E-state index in [1.165, 1.54) is 11.1 Å². The van der Waals surface area contributed by atoms with E-state index >= 15 is 0 Å². The SMILES string of the molecule is COCc1ccccc1NC(C)c1ccccc1Br. The Balaban J connectivity index is 2.19. The van der Waals surface area contributed by atoms with E-state index in [2.05, 4.69) is 58.5 Å². The van der Waals surface area contributed by atoms with E-state index in [1.807, 2.05) is 18.2 Å². The Bertz CT molecular complexity index is 542. The Morgan fingerprint density at radius 2 is 1.79 bits per heavy atom. The molecular formula is C16H18BrNO. The number of rotatable bonds is 5. The van der Waals surface area contributed by atoms with Gasteiger partial charge in [-0.05, 0) is 24.6 Å². The van der Waals surface area contributed by atoms with Gasteiger partial charge in [0.05, 0.1) is 6.61 Å². The number of benzene rings is 2. The summed E-state index contributed by atoms with van der Waals surface area (Å²) in [5.74, 6) is 0. The van der Waals surface area contributed by atoms with E-state index in [-0.39, 0.29) is 6.04 Å². The first-order chi connectivity index (χ1) is 9.22. The van der Waals surface area contributed by atoms with Crippen LogP contribution in [0.15, 0.2) is 53.0 Å². The molecule has 0 aliphatic rings. The highest BCUT2D eigenvalue weighted by Crippen LogP contribution is 2.27. The third kappa shape index (κ3) is 3.58. The van der Waals surface area contributed by atoms with Crippen LogP contribution in [0.2, 0.25) is 0 Å². The summed E-state index contributed by atoms with van der Waals surface area (Å²) in [6.07, 6.45) is 0. The highest BCUT2D eigenvalue weighted by Gasteiger charge is 2.10. The lowest BCUT2D eigenvalue weighted by Gasteiger charge is -2.19. The lowest BCUT2D eigenvalue weighted by Crippen LogP contribution is -2.09. The molecular weight excluding hydrogens is 302 g/mol. The minimum absolute atomic E-state index is 0.230. The van der Waals surface area contributed by atoms with Crippen LogP contribution in [0.25, 0.3) is 0 Å². The van der Waals surface area contributed by atoms with Crippen LogP contribution in [-0.4, -0.2) is 7.11 Å². The monoisotopic (exact) mass is 319 g/mol. The number of nitrogens with one attached hydrogen (secondary N) is 1. The van der Waals surface area contributed by atoms with Crippen LogP contribution < -0.4 is 5.32 Å². The van der Waals surface area contributed by atoms with Crippen molar-refractivity contribution in [2.75, 3.05) is 12.4 Å². The minimum Gasteiger partial charge on any atom is -0.380 e. The summed E-state index contributed by atoms with van der Waals surface area (Å²) >= 11 is 3.59. The molecule has 0 amide bonds. The second-order valence-corrected chi connectivity index (χ2v) is 5.33. The van der Waals surface area contributed by atoms with Crippen LogP contribution in [0.4, 0.5) is 5.69 Å². The first-order valence-electron chi connectivity index (χ1n) is 6.30. The van der Waals surface area contributed by atoms with Gasteiger partial charge in [0.25, 0.3) is 0 Å². The van der Waals surface area contributed by atoms with Crippen molar-refractivity contribution in [3.8, 4) is 0 Å². The summed E-state index contributed by atoms with van der Waals surface area (Å²) < 4.78 is 6.35. The molecule has 0 aliphatic carbocycles. The van der Waals surface area contributed by atoms with Crippen molar-refractivity contribution in [3.63, 3.8) is 0 Å². The Labute approximate surface area is 122 Å². The van der Waals surface area contributed by atoms with Crippen molar-refractivity contribution in [1.29, 1.82) is 0 Å². The van der Waals surface area contributed by atoms with Crippen molar-refractivity contribution in [2.24, 2.45) is 0 Å². The second-order valence-electron chi connectivity index (χ2n) is 4.48. The zero-order valence-electron chi connectivity index (χ0n) is 11.2. The Hall–Kier alpha value is -1.32. The molecule has 2 rings (SSSR count). The standard InChI is InChI=1S/C16H18BrNO/c1-12(14-8-4-5-9-15(14)17)18-16-10-6-3-7-13(16)11-19-2/h3-10,12,18H,11H2,1-2H3. The predicted molar refractivity (Wildman–Crippen MR) is 83.3 cm³/mol. The van der Waals surface area contributed by atoms with Gasteiger partial charge in [0.2, 0.25) is 0 Å². The molecule has 1 unspecified atom stereocenters. The van der Waals surface area contributed by atoms with Crippen molar-refractivity contribution in [2.45, 2.75) is 19.6 Å². The highest BCUT2D eigenvalue weighted by molar-refractivity contribution is 9.10. The van der Waals surface area contributed by atoms with Gasteiger partial charge in [-0.2, -0.15) is 0 Å². The lowest BCUT2D eigenvalue weighted by atomic mass is 10.1. The Kier molecular flexibility index (Phi) is 5.00. The first-order valence-corrected chi connectivity index (χ1v) is 7.09. The molecule has 100 valence electrons. The van der Waals surface area contributed by atoms with E-state index in [9.17, 15) is 0 Å². The number of ether oxygens (including phenoxy) is 1. The third-order valence-electron chi connectivity index (χ3n) is 3.06. The van der Waals surface area contributed by atoms with Crippen LogP contribution in [0.5, 0.6) is 0 Å². The summed E-state index contributed by atoms with van der Waals surface area (Å²) in [7, 11) is 1.72. The summed E-state index contributed by atoms with van der Waals surface area (Å²) in [6, 6.07) is 16.7. The quantitative estimate of drug-likeness (QED) is 0.857. The Morgan fingerprint density at radius 3 is 2.53 bits per heavy atom. The van der Waals surface area contributed by atoms with E-state index in [4.69, 9.17) is 4.74 Å². The van der Waals surface area contributed by atoms with Crippen LogP contribution in [0.1, 0.15) is 24.1 Å². The van der Waals surface area contributed by atoms with Gasteiger partial charge >= 0.3 is 0 Å². The average Bonchev–Trinajstić information content (AvgIpc) is 2.41. The number of halogens is 1. The molecule has 0 saturated carbocycles. The maximum absolute atomic E-state index is 5.23. The molecule has 3 heteroatoms. The van der Waals surface area contributed by atoms with E-state index in [0.717, 1.165) is 10.2 Å². The van der Waals surface area contributed by atoms with E-state index < -0.39 is 0 Å². The first kappa shape index (κ1) is 14.1. The third-order valence-corrected chi connectivity index (χ3v) is 3.78. The zero-order chi connectivity index (χ0) is 13.7. The van der Waals surface area contributed by atoms with E-state index in [1.54, 1.807) is 7.11 Å². The molecule has 0 aromatic heterocycles. The van der Waals surface area contributed by atoms with Gasteiger partial charge in [-0.1, -0.05) is 52.3 Å². The van der Waals surface area contributed by atoms with Gasteiger partial charge in [0.1, 0.15) is 0 Å². The van der Waals surface area contributed by atoms with Crippen LogP contribution in [0, 0.1) is 0 Å². The minimum atomic E-state index is 0.230. The molecule has 2 nitrogen and oxygen atoms in total. The number of hydrogen-bond donors (Lipinski definition) is 1. The largest absolute Gasteiger partial charge is 0.380 e. The number of hydrogen-bond acceptors (Lipinski definition) is 2. The molecule has 0 spiro atoms. The molecule has 0 fully saturated rings. The normalized spacial score (nSPS) is 12.2. The summed E-state index contributed by atoms with van der Waals surface area (Å²) in [5.41, 5.74) is 3.53. The molecule has 19 heavy (non-hydrogen) atoms. The van der Waals surface area contributed by atoms with Crippen molar-refractivity contribution in [1.82, 2.24) is 0 Å². The number of para-hydroxylation sites is 1. The van der Waals surface area contributed by atoms with Gasteiger partial charge in [-0.15, -0.1) is 0 Å². The maximum atomic E-state index is 5.23. The molecule has 2 aromatic rings. The highest BCUT2D eigenvalue weighted by atomic mass is 79.9. The van der Waals surface area contributed by atoms with Gasteiger partial charge < -0.3 is 10.1 Å². The average molecular weight is 320 g/mol. The van der Waals surface area contributed by atoms with Gasteiger partial charge in [0.15, 0.2) is 0 Å². The van der Waals surface area contributed by atoms with Gasteiger partial charge in [-0.3, -0.25) is 0 Å². The van der Waals surface area contributed by atoms with Crippen molar-refractivity contribution in [3.05, 3.63) is 64.1 Å². The number of anilines is 1. The zero-order valence-corrected chi connectivity index (χ0v) is 12.8. The molecule has 1 atom stereocenters. The van der Waals surface area contributed by atoms with Crippen LogP contribution >= 0.6 is 15.9 Å². The second kappa shape index (κ2) is 6.73. The topological polar surface area (TPSA) is 21.3 Å². The molecule has 0 heterocycles. The van der Waals surface area contributed by atoms with Crippen LogP contribution in [-0.2, 0) is 11.3 Å². The van der Waals surface area contributed by atoms with Gasteiger partial charge in [0, 0.05) is 28.9 Å². The van der Waals surface area contributed by atoms with Crippen molar-refractivity contribution >= 4 is 21.6 Å². The maximum Gasteiger partial charge on any atom is 0.0733 e. The summed E-state index contributed by atoms with van der Waals surface area (Å²) in [4.78, 5) is 0. The predicted octanol–water partition coefficient (Wildman–Crippen LogP) is 4.77. The fourth-order valence-corrected chi connectivity index (χ4v) is 2.71. The van der Waals surface area contributed by atoms with Crippen molar-refractivity contribution < 1.29 is 4.74 Å². The summed E-state index contributed by atoms with van der Waals surface area (Å²) in [6.45, 7) is 2.77. The van der Waals surface area contributed by atoms with E-state index in [0.29, 0.717) is 6.61 Å². The van der Waals surface area contributed by atoms with Crippen LogP contribution in [0.3, 0.4) is 0 Å². The molecule has 1 N–H and O–H groups in total. The summed E-state index contributed by atoms with van der Waals surface area (Å²) in [5, 5.41) is 3.54.